The molecule has 0 saturated heterocycles. The van der Waals surface area contributed by atoms with Gasteiger partial charge in [-0.2, -0.15) is 4.31 Å². The fourth-order valence-electron chi connectivity index (χ4n) is 3.46. The molecule has 0 bridgehead atoms. The number of nitrogens with one attached hydrogen (secondary N) is 1. The summed E-state index contributed by atoms with van der Waals surface area (Å²) in [5, 5.41) is 9.41. The van der Waals surface area contributed by atoms with E-state index in [1.165, 1.54) is 48.5 Å². The lowest BCUT2D eigenvalue weighted by molar-refractivity contribution is -0.133. The minimum absolute atomic E-state index is 0.00722. The Kier molecular flexibility index (Phi) is 9.62. The molecule has 186 valence electrons. The zero-order valence-electron chi connectivity index (χ0n) is 18.8. The van der Waals surface area contributed by atoms with E-state index in [2.05, 4.69) is 0 Å². The molecule has 10 heteroatoms. The fraction of sp³-hybridized carbons (Fsp3) is 0.240. The molecule has 3 rings (SSSR count). The first-order chi connectivity index (χ1) is 16.8. The highest BCUT2D eigenvalue weighted by atomic mass is 35.5. The van der Waals surface area contributed by atoms with E-state index in [1.54, 1.807) is 35.8 Å². The molecule has 3 aromatic carbocycles. The number of hydroxylamine groups is 1. The van der Waals surface area contributed by atoms with Crippen molar-refractivity contribution in [2.75, 3.05) is 12.5 Å². The highest BCUT2D eigenvalue weighted by Crippen LogP contribution is 2.25. The van der Waals surface area contributed by atoms with E-state index in [9.17, 15) is 22.8 Å². The van der Waals surface area contributed by atoms with Crippen molar-refractivity contribution in [3.63, 3.8) is 0 Å². The fourth-order valence-corrected chi connectivity index (χ4v) is 5.14. The summed E-state index contributed by atoms with van der Waals surface area (Å²) in [5.41, 5.74) is 2.76. The minimum atomic E-state index is -4.23. The molecule has 1 atom stereocenters. The second-order valence-corrected chi connectivity index (χ2v) is 9.99. The maximum absolute atomic E-state index is 13.8. The molecule has 1 unspecified atom stereocenters. The van der Waals surface area contributed by atoms with Gasteiger partial charge in [0.25, 0.3) is 5.91 Å². The van der Waals surface area contributed by atoms with Crippen molar-refractivity contribution < 1.29 is 27.5 Å². The van der Waals surface area contributed by atoms with Crippen LogP contribution in [-0.2, 0) is 27.8 Å². The van der Waals surface area contributed by atoms with Crippen LogP contribution in [0.25, 0.3) is 0 Å². The third-order valence-corrected chi connectivity index (χ3v) is 7.40. The van der Waals surface area contributed by atoms with Crippen LogP contribution in [0.3, 0.4) is 0 Å². The number of rotatable bonds is 12. The van der Waals surface area contributed by atoms with Gasteiger partial charge in [-0.1, -0.05) is 42.5 Å². The van der Waals surface area contributed by atoms with Crippen LogP contribution in [0.2, 0.25) is 0 Å². The Morgan fingerprint density at radius 1 is 1.00 bits per heavy atom. The van der Waals surface area contributed by atoms with Crippen LogP contribution in [0, 0.1) is 5.82 Å². The minimum Gasteiger partial charge on any atom is -0.494 e. The number of benzene rings is 3. The summed E-state index contributed by atoms with van der Waals surface area (Å²) in [7, 11) is -4.23. The number of sulfonamides is 1. The predicted molar refractivity (Wildman–Crippen MR) is 130 cm³/mol. The van der Waals surface area contributed by atoms with E-state index in [0.717, 1.165) is 4.31 Å². The molecule has 0 spiro atoms. The van der Waals surface area contributed by atoms with Crippen LogP contribution in [0.1, 0.15) is 17.5 Å². The van der Waals surface area contributed by atoms with Crippen molar-refractivity contribution in [1.82, 2.24) is 9.79 Å². The standard InChI is InChI=1S/C25H26ClFN2O5S/c26-15-4-16-34-22-11-13-23(14-12-22)35(32,33)29(18-20-7-9-21(27)10-8-20)24(25(30)28-31)17-19-5-2-1-3-6-19/h1-3,5-14,24,31H,4,15-18H2,(H,28,30). The molecule has 1 amide bonds. The summed E-state index contributed by atoms with van der Waals surface area (Å²) in [6.07, 6.45) is 0.651. The van der Waals surface area contributed by atoms with Gasteiger partial charge in [-0.05, 0) is 60.4 Å². The van der Waals surface area contributed by atoms with Crippen LogP contribution in [0.5, 0.6) is 5.75 Å². The smallest absolute Gasteiger partial charge is 0.262 e. The normalized spacial score (nSPS) is 12.3. The lowest BCUT2D eigenvalue weighted by Gasteiger charge is -2.30. The largest absolute Gasteiger partial charge is 0.494 e. The number of hydrogen-bond acceptors (Lipinski definition) is 5. The third kappa shape index (κ3) is 7.25. The van der Waals surface area contributed by atoms with Crippen molar-refractivity contribution in [1.29, 1.82) is 0 Å². The van der Waals surface area contributed by atoms with E-state index in [1.807, 2.05) is 0 Å². The summed E-state index contributed by atoms with van der Waals surface area (Å²) < 4.78 is 47.5. The quantitative estimate of drug-likeness (QED) is 0.162. The van der Waals surface area contributed by atoms with Gasteiger partial charge in [-0.3, -0.25) is 10.0 Å². The molecule has 0 aromatic heterocycles. The molecule has 0 aliphatic rings. The topological polar surface area (TPSA) is 95.9 Å². The predicted octanol–water partition coefficient (Wildman–Crippen LogP) is 4.14. The SMILES string of the molecule is O=C(NO)C(Cc1ccccc1)N(Cc1ccc(F)cc1)S(=O)(=O)c1ccc(OCCCCl)cc1. The zero-order chi connectivity index (χ0) is 25.3. The number of carbonyl (C=O) groups excluding carboxylic acids is 1. The third-order valence-electron chi connectivity index (χ3n) is 5.26. The van der Waals surface area contributed by atoms with E-state index >= 15 is 0 Å². The van der Waals surface area contributed by atoms with Crippen LogP contribution in [-0.4, -0.2) is 42.4 Å². The number of nitrogens with zero attached hydrogens (tertiary/aromatic N) is 1. The molecule has 0 aliphatic heterocycles. The number of ether oxygens (including phenoxy) is 1. The Morgan fingerprint density at radius 2 is 1.66 bits per heavy atom. The summed E-state index contributed by atoms with van der Waals surface area (Å²) in [6, 6.07) is 18.7. The number of amides is 1. The Morgan fingerprint density at radius 3 is 2.26 bits per heavy atom. The molecule has 3 aromatic rings. The monoisotopic (exact) mass is 520 g/mol. The van der Waals surface area contributed by atoms with Crippen molar-refractivity contribution in [2.45, 2.75) is 30.3 Å². The highest BCUT2D eigenvalue weighted by Gasteiger charge is 2.36. The van der Waals surface area contributed by atoms with Crippen LogP contribution >= 0.6 is 11.6 Å². The molecule has 0 fully saturated rings. The van der Waals surface area contributed by atoms with Crippen molar-refractivity contribution in [3.8, 4) is 5.75 Å². The van der Waals surface area contributed by atoms with Gasteiger partial charge >= 0.3 is 0 Å². The number of hydrogen-bond donors (Lipinski definition) is 2. The van der Waals surface area contributed by atoms with Gasteiger partial charge in [0, 0.05) is 12.4 Å². The van der Waals surface area contributed by atoms with E-state index in [4.69, 9.17) is 16.3 Å². The van der Waals surface area contributed by atoms with Crippen molar-refractivity contribution >= 4 is 27.5 Å². The first-order valence-corrected chi connectivity index (χ1v) is 12.9. The lowest BCUT2D eigenvalue weighted by atomic mass is 10.0. The Labute approximate surface area is 209 Å². The Balaban J connectivity index is 1.99. The molecule has 7 nitrogen and oxygen atoms in total. The van der Waals surface area contributed by atoms with Gasteiger partial charge in [-0.25, -0.2) is 18.3 Å². The van der Waals surface area contributed by atoms with Gasteiger partial charge in [0.05, 0.1) is 11.5 Å². The molecule has 0 radical (unpaired) electrons. The number of halogens is 2. The Hall–Kier alpha value is -2.98. The van der Waals surface area contributed by atoms with Crippen molar-refractivity contribution in [2.24, 2.45) is 0 Å². The highest BCUT2D eigenvalue weighted by molar-refractivity contribution is 7.89. The number of carbonyl (C=O) groups is 1. The lowest BCUT2D eigenvalue weighted by Crippen LogP contribution is -2.49. The van der Waals surface area contributed by atoms with Gasteiger partial charge in [0.1, 0.15) is 17.6 Å². The summed E-state index contributed by atoms with van der Waals surface area (Å²) in [4.78, 5) is 12.7. The molecule has 0 aliphatic carbocycles. The van der Waals surface area contributed by atoms with Gasteiger partial charge in [0.2, 0.25) is 10.0 Å². The van der Waals surface area contributed by atoms with Gasteiger partial charge in [-0.15, -0.1) is 11.6 Å². The molecule has 2 N–H and O–H groups in total. The van der Waals surface area contributed by atoms with Crippen LogP contribution < -0.4 is 10.2 Å². The average molecular weight is 521 g/mol. The maximum atomic E-state index is 13.8. The van der Waals surface area contributed by atoms with Crippen LogP contribution in [0.15, 0.2) is 83.8 Å². The molecular formula is C25H26ClFN2O5S. The van der Waals surface area contributed by atoms with E-state index < -0.39 is 27.8 Å². The van der Waals surface area contributed by atoms with E-state index in [-0.39, 0.29) is 17.9 Å². The van der Waals surface area contributed by atoms with Crippen molar-refractivity contribution in [3.05, 3.63) is 95.8 Å². The molecular weight excluding hydrogens is 495 g/mol. The second-order valence-electron chi connectivity index (χ2n) is 7.72. The first-order valence-electron chi connectivity index (χ1n) is 10.9. The molecule has 0 heterocycles. The van der Waals surface area contributed by atoms with Gasteiger partial charge < -0.3 is 4.74 Å². The summed E-state index contributed by atoms with van der Waals surface area (Å²) in [6.45, 7) is 0.170. The van der Waals surface area contributed by atoms with E-state index in [0.29, 0.717) is 35.8 Å². The Bertz CT molecular complexity index is 1190. The summed E-state index contributed by atoms with van der Waals surface area (Å²) >= 11 is 5.65. The maximum Gasteiger partial charge on any atom is 0.262 e. The molecule has 35 heavy (non-hydrogen) atoms. The second kappa shape index (κ2) is 12.6. The number of alkyl halides is 1. The molecule has 0 saturated carbocycles. The first kappa shape index (κ1) is 26.6. The van der Waals surface area contributed by atoms with Crippen LogP contribution in [0.4, 0.5) is 4.39 Å². The summed E-state index contributed by atoms with van der Waals surface area (Å²) in [5.74, 6) is -0.434. The average Bonchev–Trinajstić information content (AvgIpc) is 2.88. The van der Waals surface area contributed by atoms with Gasteiger partial charge in [0.15, 0.2) is 0 Å². The zero-order valence-corrected chi connectivity index (χ0v) is 20.4.